The summed E-state index contributed by atoms with van der Waals surface area (Å²) in [6.45, 7) is 4.52. The molecule has 2 aromatic carbocycles. The fraction of sp³-hybridized carbons (Fsp3) is 0.227. The number of hydrogen-bond acceptors (Lipinski definition) is 6. The Kier molecular flexibility index (Phi) is 6.73. The van der Waals surface area contributed by atoms with Gasteiger partial charge in [-0.1, -0.05) is 62.0 Å². The van der Waals surface area contributed by atoms with E-state index in [4.69, 9.17) is 0 Å². The molecule has 0 saturated carbocycles. The molecule has 32 heavy (non-hydrogen) atoms. The second-order valence-electron chi connectivity index (χ2n) is 6.99. The van der Waals surface area contributed by atoms with Gasteiger partial charge < -0.3 is 4.98 Å². The summed E-state index contributed by atoms with van der Waals surface area (Å²) in [6, 6.07) is 15.0. The molecule has 0 amide bonds. The van der Waals surface area contributed by atoms with Gasteiger partial charge >= 0.3 is 0 Å². The van der Waals surface area contributed by atoms with Gasteiger partial charge in [-0.25, -0.2) is 18.4 Å². The number of nitrogens with zero attached hydrogens (tertiary/aromatic N) is 4. The Morgan fingerprint density at radius 2 is 1.81 bits per heavy atom. The minimum atomic E-state index is -3.51. The van der Waals surface area contributed by atoms with Gasteiger partial charge in [-0.05, 0) is 29.8 Å². The molecule has 0 fully saturated rings. The predicted molar refractivity (Wildman–Crippen MR) is 128 cm³/mol. The maximum Gasteiger partial charge on any atom is 0.243 e. The topological polar surface area (TPSA) is 108 Å². The molecule has 0 spiro atoms. The van der Waals surface area contributed by atoms with Crippen LogP contribution in [0.15, 0.2) is 58.6 Å². The van der Waals surface area contributed by atoms with E-state index in [2.05, 4.69) is 25.1 Å². The maximum atomic E-state index is 12.8. The van der Waals surface area contributed by atoms with Crippen LogP contribution in [0.1, 0.15) is 31.1 Å². The SMILES string of the molecule is CCN(CC)S(=O)(=O)c1ccc2nc(CSc3n[nH]c(/C=C/c4ccccc4)n3)[nH]c2c1. The highest BCUT2D eigenvalue weighted by atomic mass is 32.2. The molecule has 10 heteroatoms. The first kappa shape index (κ1) is 22.3. The Bertz CT molecular complexity index is 1320. The van der Waals surface area contributed by atoms with Gasteiger partial charge in [-0.15, -0.1) is 5.10 Å². The number of fused-ring (bicyclic) bond motifs is 1. The lowest BCUT2D eigenvalue weighted by Crippen LogP contribution is -2.30. The zero-order chi connectivity index (χ0) is 22.6. The fourth-order valence-electron chi connectivity index (χ4n) is 3.25. The molecule has 4 rings (SSSR count). The number of imidazole rings is 1. The van der Waals surface area contributed by atoms with Crippen LogP contribution >= 0.6 is 11.8 Å². The average molecular weight is 469 g/mol. The standard InChI is InChI=1S/C22H24N6O2S2/c1-3-28(4-2)32(29,30)17-11-12-18-19(14-17)24-21(23-18)15-31-22-25-20(26-27-22)13-10-16-8-6-5-7-9-16/h5-14H,3-4,15H2,1-2H3,(H,23,24)(H,25,26,27)/b13-10+. The number of nitrogens with one attached hydrogen (secondary N) is 2. The number of benzene rings is 2. The Hall–Kier alpha value is -2.95. The summed E-state index contributed by atoms with van der Waals surface area (Å²) in [5, 5.41) is 7.76. The lowest BCUT2D eigenvalue weighted by Gasteiger charge is -2.18. The van der Waals surface area contributed by atoms with E-state index in [9.17, 15) is 8.42 Å². The number of aromatic amines is 2. The lowest BCUT2D eigenvalue weighted by molar-refractivity contribution is 0.445. The predicted octanol–water partition coefficient (Wildman–Crippen LogP) is 4.17. The largest absolute Gasteiger partial charge is 0.341 e. The second kappa shape index (κ2) is 9.68. The molecule has 0 aliphatic heterocycles. The van der Waals surface area contributed by atoms with Crippen molar-refractivity contribution in [3.8, 4) is 0 Å². The molecule has 0 aliphatic carbocycles. The van der Waals surface area contributed by atoms with Gasteiger partial charge in [0.25, 0.3) is 0 Å². The molecule has 166 valence electrons. The number of sulfonamides is 1. The number of aromatic nitrogens is 5. The average Bonchev–Trinajstić information content (AvgIpc) is 3.43. The van der Waals surface area contributed by atoms with Crippen LogP contribution in [0.3, 0.4) is 0 Å². The van der Waals surface area contributed by atoms with Crippen molar-refractivity contribution in [1.82, 2.24) is 29.5 Å². The van der Waals surface area contributed by atoms with Crippen LogP contribution in [0.5, 0.6) is 0 Å². The highest BCUT2D eigenvalue weighted by Gasteiger charge is 2.22. The third-order valence-electron chi connectivity index (χ3n) is 4.90. The van der Waals surface area contributed by atoms with Gasteiger partial charge in [0.2, 0.25) is 15.2 Å². The first-order valence-corrected chi connectivity index (χ1v) is 12.7. The summed E-state index contributed by atoms with van der Waals surface area (Å²) < 4.78 is 27.0. The second-order valence-corrected chi connectivity index (χ2v) is 9.87. The zero-order valence-electron chi connectivity index (χ0n) is 17.8. The van der Waals surface area contributed by atoms with E-state index in [-0.39, 0.29) is 4.90 Å². The highest BCUT2D eigenvalue weighted by Crippen LogP contribution is 2.23. The summed E-state index contributed by atoms with van der Waals surface area (Å²) in [5.41, 5.74) is 2.50. The third kappa shape index (κ3) is 4.93. The summed E-state index contributed by atoms with van der Waals surface area (Å²) >= 11 is 1.45. The normalized spacial score (nSPS) is 12.3. The molecule has 2 heterocycles. The molecule has 8 nitrogen and oxygen atoms in total. The van der Waals surface area contributed by atoms with E-state index < -0.39 is 10.0 Å². The van der Waals surface area contributed by atoms with E-state index in [1.807, 2.05) is 56.3 Å². The summed E-state index contributed by atoms with van der Waals surface area (Å²) in [5.74, 6) is 1.94. The van der Waals surface area contributed by atoms with Crippen molar-refractivity contribution < 1.29 is 8.42 Å². The Morgan fingerprint density at radius 3 is 2.56 bits per heavy atom. The van der Waals surface area contributed by atoms with Crippen molar-refractivity contribution in [1.29, 1.82) is 0 Å². The summed E-state index contributed by atoms with van der Waals surface area (Å²) in [6.07, 6.45) is 3.85. The van der Waals surface area contributed by atoms with Crippen molar-refractivity contribution >= 4 is 45.0 Å². The van der Waals surface area contributed by atoms with Crippen LogP contribution in [-0.4, -0.2) is 51.0 Å². The monoisotopic (exact) mass is 468 g/mol. The molecule has 0 saturated heterocycles. The fourth-order valence-corrected chi connectivity index (χ4v) is 5.41. The first-order valence-electron chi connectivity index (χ1n) is 10.3. The van der Waals surface area contributed by atoms with Crippen LogP contribution in [0.2, 0.25) is 0 Å². The summed E-state index contributed by atoms with van der Waals surface area (Å²) in [7, 11) is -3.51. The van der Waals surface area contributed by atoms with Crippen LogP contribution < -0.4 is 0 Å². The Balaban J connectivity index is 1.44. The van der Waals surface area contributed by atoms with Crippen molar-refractivity contribution in [2.45, 2.75) is 29.7 Å². The molecular weight excluding hydrogens is 444 g/mol. The number of hydrogen-bond donors (Lipinski definition) is 2. The van der Waals surface area contributed by atoms with Crippen molar-refractivity contribution in [2.24, 2.45) is 0 Å². The molecule has 0 radical (unpaired) electrons. The molecule has 0 bridgehead atoms. The van der Waals surface area contributed by atoms with E-state index in [0.717, 1.165) is 16.9 Å². The Morgan fingerprint density at radius 1 is 1.03 bits per heavy atom. The van der Waals surface area contributed by atoms with Crippen molar-refractivity contribution in [3.05, 3.63) is 65.7 Å². The minimum absolute atomic E-state index is 0.264. The van der Waals surface area contributed by atoms with E-state index in [1.165, 1.54) is 16.1 Å². The first-order chi connectivity index (χ1) is 15.5. The van der Waals surface area contributed by atoms with Crippen LogP contribution in [-0.2, 0) is 15.8 Å². The van der Waals surface area contributed by atoms with Gasteiger partial charge in [-0.3, -0.25) is 5.10 Å². The molecule has 0 atom stereocenters. The van der Waals surface area contributed by atoms with Crippen LogP contribution in [0.25, 0.3) is 23.2 Å². The molecule has 4 aromatic rings. The van der Waals surface area contributed by atoms with Gasteiger partial charge in [0.05, 0.1) is 21.7 Å². The van der Waals surface area contributed by atoms with E-state index in [1.54, 1.807) is 18.2 Å². The van der Waals surface area contributed by atoms with Gasteiger partial charge in [0.15, 0.2) is 0 Å². The maximum absolute atomic E-state index is 12.8. The number of rotatable bonds is 9. The van der Waals surface area contributed by atoms with Gasteiger partial charge in [-0.2, -0.15) is 4.31 Å². The summed E-state index contributed by atoms with van der Waals surface area (Å²) in [4.78, 5) is 12.5. The molecule has 2 N–H and O–H groups in total. The third-order valence-corrected chi connectivity index (χ3v) is 7.80. The molecule has 0 aliphatic rings. The van der Waals surface area contributed by atoms with Crippen molar-refractivity contribution in [2.75, 3.05) is 13.1 Å². The number of thioether (sulfide) groups is 1. The minimum Gasteiger partial charge on any atom is -0.341 e. The quantitative estimate of drug-likeness (QED) is 0.357. The van der Waals surface area contributed by atoms with Crippen molar-refractivity contribution in [3.63, 3.8) is 0 Å². The zero-order valence-corrected chi connectivity index (χ0v) is 19.4. The molecule has 0 unspecified atom stereocenters. The number of H-pyrrole nitrogens is 2. The molecule has 2 aromatic heterocycles. The lowest BCUT2D eigenvalue weighted by atomic mass is 10.2. The Labute approximate surface area is 191 Å². The van der Waals surface area contributed by atoms with Crippen LogP contribution in [0.4, 0.5) is 0 Å². The van der Waals surface area contributed by atoms with E-state index in [0.29, 0.717) is 35.3 Å². The van der Waals surface area contributed by atoms with Gasteiger partial charge in [0, 0.05) is 13.1 Å². The highest BCUT2D eigenvalue weighted by molar-refractivity contribution is 7.98. The van der Waals surface area contributed by atoms with Gasteiger partial charge in [0.1, 0.15) is 11.6 Å². The van der Waals surface area contributed by atoms with E-state index >= 15 is 0 Å². The van der Waals surface area contributed by atoms with Crippen LogP contribution in [0, 0.1) is 0 Å². The smallest absolute Gasteiger partial charge is 0.243 e. The molecular formula is C22H24N6O2S2.